The largest absolute Gasteiger partial charge is 0.487 e. The molecule has 0 bridgehead atoms. The number of aliphatic imine (C=N–C) groups is 1. The Morgan fingerprint density at radius 3 is 2.44 bits per heavy atom. The lowest BCUT2D eigenvalue weighted by Crippen LogP contribution is -2.06. The van der Waals surface area contributed by atoms with Crippen LogP contribution in [-0.2, 0) is 16.1 Å². The van der Waals surface area contributed by atoms with Gasteiger partial charge in [-0.25, -0.2) is 9.79 Å². The first kappa shape index (κ1) is 24.6. The lowest BCUT2D eigenvalue weighted by Gasteiger charge is -2.11. The molecule has 0 atom stereocenters. The first-order valence-corrected chi connectivity index (χ1v) is 12.5. The van der Waals surface area contributed by atoms with Crippen molar-refractivity contribution in [3.8, 4) is 5.75 Å². The summed E-state index contributed by atoms with van der Waals surface area (Å²) in [5, 5.41) is 11.2. The van der Waals surface area contributed by atoms with Crippen LogP contribution in [-0.4, -0.2) is 16.8 Å². The van der Waals surface area contributed by atoms with Gasteiger partial charge in [0.25, 0.3) is 5.69 Å². The van der Waals surface area contributed by atoms with Gasteiger partial charge in [0.2, 0.25) is 5.90 Å². The van der Waals surface area contributed by atoms with Crippen molar-refractivity contribution in [3.05, 3.63) is 105 Å². The third kappa shape index (κ3) is 5.56. The van der Waals surface area contributed by atoms with Gasteiger partial charge in [-0.3, -0.25) is 10.1 Å². The minimum Gasteiger partial charge on any atom is -0.487 e. The van der Waals surface area contributed by atoms with Gasteiger partial charge in [0.1, 0.15) is 12.4 Å². The molecule has 1 heterocycles. The van der Waals surface area contributed by atoms with E-state index in [1.807, 2.05) is 24.3 Å². The molecule has 3 aromatic carbocycles. The molecule has 172 valence electrons. The Labute approximate surface area is 225 Å². The number of nitrogens with zero attached hydrogens (tertiary/aromatic N) is 2. The summed E-state index contributed by atoms with van der Waals surface area (Å²) in [5.74, 6) is 0.0188. The van der Waals surface area contributed by atoms with Gasteiger partial charge in [0, 0.05) is 20.8 Å². The molecule has 0 aliphatic carbocycles. The average molecular weight is 698 g/mol. The monoisotopic (exact) mass is 696 g/mol. The summed E-state index contributed by atoms with van der Waals surface area (Å²) in [5.41, 5.74) is 2.61. The minimum absolute atomic E-state index is 0.0231. The van der Waals surface area contributed by atoms with E-state index in [9.17, 15) is 14.9 Å². The van der Waals surface area contributed by atoms with Gasteiger partial charge in [0.15, 0.2) is 5.70 Å². The van der Waals surface area contributed by atoms with E-state index in [2.05, 4.69) is 59.4 Å². The first-order valence-electron chi connectivity index (χ1n) is 9.85. The van der Waals surface area contributed by atoms with Crippen LogP contribution in [0.25, 0.3) is 6.08 Å². The Morgan fingerprint density at radius 1 is 1.12 bits per heavy atom. The number of carbonyl (C=O) groups is 1. The van der Waals surface area contributed by atoms with Crippen LogP contribution < -0.4 is 4.74 Å². The van der Waals surface area contributed by atoms with Gasteiger partial charge >= 0.3 is 5.97 Å². The molecule has 1 aliphatic heterocycles. The van der Waals surface area contributed by atoms with E-state index in [1.54, 1.807) is 37.3 Å². The number of esters is 1. The summed E-state index contributed by atoms with van der Waals surface area (Å²) in [6, 6.07) is 16.2. The van der Waals surface area contributed by atoms with Crippen LogP contribution in [0.15, 0.2) is 74.2 Å². The highest BCUT2D eigenvalue weighted by Crippen LogP contribution is 2.36. The number of cyclic esters (lactones) is 1. The molecule has 0 radical (unpaired) electrons. The van der Waals surface area contributed by atoms with Crippen molar-refractivity contribution in [1.82, 2.24) is 0 Å². The molecule has 0 unspecified atom stereocenters. The molecule has 0 saturated heterocycles. The smallest absolute Gasteiger partial charge is 0.363 e. The highest BCUT2D eigenvalue weighted by Gasteiger charge is 2.26. The molecule has 0 N–H and O–H groups in total. The lowest BCUT2D eigenvalue weighted by molar-refractivity contribution is -0.385. The third-order valence-electron chi connectivity index (χ3n) is 4.89. The normalized spacial score (nSPS) is 14.2. The molecule has 0 fully saturated rings. The highest BCUT2D eigenvalue weighted by atomic mass is 127. The number of hydrogen-bond acceptors (Lipinski definition) is 6. The van der Waals surface area contributed by atoms with E-state index in [0.717, 1.165) is 9.13 Å². The first-order chi connectivity index (χ1) is 16.2. The van der Waals surface area contributed by atoms with E-state index in [1.165, 1.54) is 6.07 Å². The molecule has 7 nitrogen and oxygen atoms in total. The zero-order valence-corrected chi connectivity index (χ0v) is 22.9. The Balaban J connectivity index is 1.57. The van der Waals surface area contributed by atoms with Crippen LogP contribution in [0.1, 0.15) is 22.3 Å². The molecule has 3 aromatic rings. The van der Waals surface area contributed by atoms with Gasteiger partial charge in [-0.15, -0.1) is 0 Å². The zero-order valence-electron chi connectivity index (χ0n) is 17.6. The van der Waals surface area contributed by atoms with E-state index >= 15 is 0 Å². The predicted molar refractivity (Wildman–Crippen MR) is 144 cm³/mol. The van der Waals surface area contributed by atoms with Crippen LogP contribution in [0.2, 0.25) is 0 Å². The third-order valence-corrected chi connectivity index (χ3v) is 6.79. The van der Waals surface area contributed by atoms with Crippen LogP contribution in [0.5, 0.6) is 5.75 Å². The summed E-state index contributed by atoms with van der Waals surface area (Å²) in [6.07, 6.45) is 1.58. The maximum absolute atomic E-state index is 12.4. The number of ether oxygens (including phenoxy) is 2. The van der Waals surface area contributed by atoms with Gasteiger partial charge in [-0.2, -0.15) is 0 Å². The molecule has 10 heteroatoms. The Hall–Kier alpha value is -2.57. The van der Waals surface area contributed by atoms with Crippen LogP contribution >= 0.6 is 54.5 Å². The SMILES string of the molecule is Cc1ccc(C2=N/C(=C\c3cc(Br)c(OCc4ccc(I)cc4)c(Br)c3)C(=O)O2)cc1[N+](=O)[O-]. The number of halogens is 3. The van der Waals surface area contributed by atoms with Crippen LogP contribution in [0.4, 0.5) is 5.69 Å². The maximum Gasteiger partial charge on any atom is 0.363 e. The molecule has 0 amide bonds. The number of aryl methyl sites for hydroxylation is 1. The maximum atomic E-state index is 12.4. The molecule has 0 saturated carbocycles. The van der Waals surface area contributed by atoms with Crippen molar-refractivity contribution in [2.45, 2.75) is 13.5 Å². The number of benzene rings is 3. The molecular weight excluding hydrogens is 683 g/mol. The molecular formula is C24H15Br2IN2O5. The molecule has 1 aliphatic rings. The second-order valence-electron chi connectivity index (χ2n) is 7.32. The van der Waals surface area contributed by atoms with Crippen LogP contribution in [0, 0.1) is 20.6 Å². The fourth-order valence-corrected chi connectivity index (χ4v) is 4.98. The summed E-state index contributed by atoms with van der Waals surface area (Å²) < 4.78 is 13.8. The van der Waals surface area contributed by atoms with E-state index in [-0.39, 0.29) is 17.3 Å². The van der Waals surface area contributed by atoms with Gasteiger partial charge in [-0.1, -0.05) is 18.2 Å². The molecule has 4 rings (SSSR count). The molecule has 0 aromatic heterocycles. The summed E-state index contributed by atoms with van der Waals surface area (Å²) >= 11 is 9.30. The summed E-state index contributed by atoms with van der Waals surface area (Å²) in [7, 11) is 0. The Bertz CT molecular complexity index is 1350. The number of nitro groups is 1. The van der Waals surface area contributed by atoms with Gasteiger partial charge < -0.3 is 9.47 Å². The zero-order chi connectivity index (χ0) is 24.4. The number of hydrogen-bond donors (Lipinski definition) is 0. The van der Waals surface area contributed by atoms with E-state index in [4.69, 9.17) is 9.47 Å². The van der Waals surface area contributed by atoms with Crippen molar-refractivity contribution in [1.29, 1.82) is 0 Å². The summed E-state index contributed by atoms with van der Waals surface area (Å²) in [4.78, 5) is 27.4. The highest BCUT2D eigenvalue weighted by molar-refractivity contribution is 14.1. The van der Waals surface area contributed by atoms with Crippen molar-refractivity contribution >= 4 is 78.1 Å². The van der Waals surface area contributed by atoms with Crippen molar-refractivity contribution < 1.29 is 19.2 Å². The van der Waals surface area contributed by atoms with E-state index in [0.29, 0.717) is 38.0 Å². The van der Waals surface area contributed by atoms with Gasteiger partial charge in [0.05, 0.1) is 13.9 Å². The lowest BCUT2D eigenvalue weighted by atomic mass is 10.1. The summed E-state index contributed by atoms with van der Waals surface area (Å²) in [6.45, 7) is 2.04. The van der Waals surface area contributed by atoms with Crippen molar-refractivity contribution in [2.75, 3.05) is 0 Å². The van der Waals surface area contributed by atoms with E-state index < -0.39 is 10.9 Å². The second kappa shape index (κ2) is 10.4. The fourth-order valence-electron chi connectivity index (χ4n) is 3.17. The quantitative estimate of drug-likeness (QED) is 0.0914. The molecule has 34 heavy (non-hydrogen) atoms. The number of nitro benzene ring substituents is 1. The van der Waals surface area contributed by atoms with Gasteiger partial charge in [-0.05, 0) is 109 Å². The van der Waals surface area contributed by atoms with Crippen molar-refractivity contribution in [3.63, 3.8) is 0 Å². The standard InChI is InChI=1S/C24H15Br2IN2O5/c1-13-2-5-16(11-21(13)29(31)32)23-28-20(24(30)34-23)10-15-8-18(25)22(19(26)9-15)33-12-14-3-6-17(27)7-4-14/h2-11H,12H2,1H3/b20-10-. The number of carbonyl (C=O) groups excluding carboxylic acids is 1. The Morgan fingerprint density at radius 2 is 1.79 bits per heavy atom. The second-order valence-corrected chi connectivity index (χ2v) is 10.3. The average Bonchev–Trinajstić information content (AvgIpc) is 3.14. The van der Waals surface area contributed by atoms with Crippen LogP contribution in [0.3, 0.4) is 0 Å². The number of rotatable bonds is 6. The Kier molecular flexibility index (Phi) is 7.48. The predicted octanol–water partition coefficient (Wildman–Crippen LogP) is 6.96. The minimum atomic E-state index is -0.635. The topological polar surface area (TPSA) is 91.0 Å². The molecule has 0 spiro atoms. The fraction of sp³-hybridized carbons (Fsp3) is 0.0833. The van der Waals surface area contributed by atoms with Crippen molar-refractivity contribution in [2.24, 2.45) is 4.99 Å².